The molecule has 41 heavy (non-hydrogen) atoms. The minimum Gasteiger partial charge on any atom is -0.508 e. The molecular formula is C32H50FNO7. The van der Waals surface area contributed by atoms with Crippen molar-refractivity contribution in [1.29, 1.82) is 0 Å². The first-order valence-corrected chi connectivity index (χ1v) is 15.7. The van der Waals surface area contributed by atoms with E-state index in [1.165, 1.54) is 0 Å². The van der Waals surface area contributed by atoms with Gasteiger partial charge >= 0.3 is 0 Å². The zero-order chi connectivity index (χ0) is 30.2. The van der Waals surface area contributed by atoms with Gasteiger partial charge in [0.25, 0.3) is 0 Å². The Balaban J connectivity index is 1.38. The molecule has 0 aromatic heterocycles. The number of nitrogens with zero attached hydrogens (tertiary/aromatic N) is 1. The summed E-state index contributed by atoms with van der Waals surface area (Å²) in [6.45, 7) is 4.46. The smallest absolute Gasteiger partial charge is 0.170 e. The third kappa shape index (κ3) is 5.11. The first-order valence-electron chi connectivity index (χ1n) is 15.7. The Hall–Kier alpha value is -1.39. The third-order valence-electron chi connectivity index (χ3n) is 12.1. The highest BCUT2D eigenvalue weighted by Crippen LogP contribution is 2.58. The molecule has 13 atom stereocenters. The largest absolute Gasteiger partial charge is 0.508 e. The van der Waals surface area contributed by atoms with E-state index in [1.54, 1.807) is 13.8 Å². The predicted octanol–water partition coefficient (Wildman–Crippen LogP) is 2.96. The molecule has 0 aliphatic heterocycles. The Morgan fingerprint density at radius 3 is 2.29 bits per heavy atom. The number of fused-ring (bicyclic) bond motifs is 3. The first kappa shape index (κ1) is 31.0. The van der Waals surface area contributed by atoms with E-state index in [1.807, 2.05) is 14.1 Å². The lowest BCUT2D eigenvalue weighted by Gasteiger charge is -2.60. The number of aliphatic hydroxyl groups is 5. The minimum absolute atomic E-state index is 0.0368. The van der Waals surface area contributed by atoms with Crippen molar-refractivity contribution in [2.24, 2.45) is 47.3 Å². The quantitative estimate of drug-likeness (QED) is 0.303. The van der Waals surface area contributed by atoms with Gasteiger partial charge in [0.15, 0.2) is 17.2 Å². The van der Waals surface area contributed by atoms with E-state index in [9.17, 15) is 39.5 Å². The molecule has 13 unspecified atom stereocenters. The first-order chi connectivity index (χ1) is 19.1. The molecule has 0 heterocycles. The fraction of sp³-hybridized carbons (Fsp3) is 0.875. The molecule has 0 aromatic carbocycles. The van der Waals surface area contributed by atoms with Crippen molar-refractivity contribution in [3.05, 3.63) is 11.3 Å². The van der Waals surface area contributed by atoms with Gasteiger partial charge in [0.1, 0.15) is 17.0 Å². The average Bonchev–Trinajstić information content (AvgIpc) is 3.35. The number of aliphatic hydroxyl groups excluding tert-OH is 4. The Morgan fingerprint density at radius 2 is 1.71 bits per heavy atom. The number of carbonyl (C=O) groups excluding carboxylic acids is 2. The Kier molecular flexibility index (Phi) is 8.30. The van der Waals surface area contributed by atoms with Crippen LogP contribution in [0.3, 0.4) is 0 Å². The summed E-state index contributed by atoms with van der Waals surface area (Å²) in [5, 5.41) is 57.8. The van der Waals surface area contributed by atoms with Crippen molar-refractivity contribution in [2.75, 3.05) is 14.1 Å². The molecule has 0 saturated heterocycles. The lowest BCUT2D eigenvalue weighted by Crippen LogP contribution is -2.69. The summed E-state index contributed by atoms with van der Waals surface area (Å²) in [5.74, 6) is -3.92. The molecule has 0 radical (unpaired) electrons. The van der Waals surface area contributed by atoms with Crippen LogP contribution in [-0.2, 0) is 9.59 Å². The van der Waals surface area contributed by atoms with Gasteiger partial charge in [-0.05, 0) is 103 Å². The van der Waals surface area contributed by atoms with E-state index >= 15 is 0 Å². The van der Waals surface area contributed by atoms with Crippen molar-refractivity contribution in [3.63, 3.8) is 0 Å². The van der Waals surface area contributed by atoms with Crippen LogP contribution in [0.25, 0.3) is 0 Å². The number of halogens is 1. The van der Waals surface area contributed by atoms with Crippen LogP contribution >= 0.6 is 0 Å². The molecule has 4 saturated carbocycles. The molecule has 5 aliphatic rings. The van der Waals surface area contributed by atoms with Gasteiger partial charge in [-0.25, -0.2) is 4.39 Å². The molecule has 5 aliphatic carbocycles. The van der Waals surface area contributed by atoms with E-state index in [2.05, 4.69) is 4.90 Å². The lowest BCUT2D eigenvalue weighted by molar-refractivity contribution is -0.236. The summed E-state index contributed by atoms with van der Waals surface area (Å²) in [7, 11) is 4.03. The number of carbonyl (C=O) groups is 2. The van der Waals surface area contributed by atoms with Gasteiger partial charge in [0.2, 0.25) is 0 Å². The summed E-state index contributed by atoms with van der Waals surface area (Å²) >= 11 is 0. The Bertz CT molecular complexity index is 1070. The van der Waals surface area contributed by atoms with Crippen molar-refractivity contribution in [3.8, 4) is 0 Å². The van der Waals surface area contributed by atoms with Crippen LogP contribution in [0, 0.1) is 47.3 Å². The van der Waals surface area contributed by atoms with Crippen molar-refractivity contribution in [2.45, 2.75) is 114 Å². The summed E-state index contributed by atoms with van der Waals surface area (Å²) in [6.07, 6.45) is 2.47. The highest BCUT2D eigenvalue weighted by Gasteiger charge is 2.65. The summed E-state index contributed by atoms with van der Waals surface area (Å²) in [6, 6.07) is 0.105. The van der Waals surface area contributed by atoms with Crippen LogP contribution in [0.4, 0.5) is 4.39 Å². The Labute approximate surface area is 243 Å². The normalized spacial score (nSPS) is 46.8. The number of allylic oxidation sites excluding steroid dienone is 1. The molecule has 0 spiro atoms. The van der Waals surface area contributed by atoms with Gasteiger partial charge in [-0.3, -0.25) is 9.59 Å². The van der Waals surface area contributed by atoms with Crippen molar-refractivity contribution < 1.29 is 39.5 Å². The van der Waals surface area contributed by atoms with Gasteiger partial charge in [-0.15, -0.1) is 0 Å². The number of hydrogen-bond donors (Lipinski definition) is 5. The Morgan fingerprint density at radius 1 is 1.02 bits per heavy atom. The van der Waals surface area contributed by atoms with Crippen LogP contribution in [0.5, 0.6) is 0 Å². The molecule has 9 heteroatoms. The van der Waals surface area contributed by atoms with E-state index in [0.29, 0.717) is 18.8 Å². The number of alkyl halides is 1. The highest BCUT2D eigenvalue weighted by atomic mass is 19.1. The molecule has 5 N–H and O–H groups in total. The SMILES string of the molecule is CC(=O)C1=C(O)C2(O)C(CC1=O)CC1CC3C(C(O)C(CCC4CCC(C(C)(C)F)C4)CC3N(C)C)C(O)C1C2O. The van der Waals surface area contributed by atoms with Crippen LogP contribution in [-0.4, -0.2) is 91.7 Å². The third-order valence-corrected chi connectivity index (χ3v) is 12.1. The molecule has 4 fully saturated rings. The summed E-state index contributed by atoms with van der Waals surface area (Å²) in [5.41, 5.74) is -3.86. The van der Waals surface area contributed by atoms with Crippen molar-refractivity contribution in [1.82, 2.24) is 4.90 Å². The molecule has 0 bridgehead atoms. The second kappa shape index (κ2) is 11.0. The summed E-state index contributed by atoms with van der Waals surface area (Å²) in [4.78, 5) is 27.0. The maximum atomic E-state index is 14.5. The number of Topliss-reactive ketones (excluding diaryl/α,β-unsaturated/α-hetero) is 2. The fourth-order valence-corrected chi connectivity index (χ4v) is 9.92. The maximum absolute atomic E-state index is 14.5. The molecule has 0 aromatic rings. The number of hydrogen-bond acceptors (Lipinski definition) is 8. The second-order valence-corrected chi connectivity index (χ2v) is 14.9. The molecule has 8 nitrogen and oxygen atoms in total. The summed E-state index contributed by atoms with van der Waals surface area (Å²) < 4.78 is 14.5. The monoisotopic (exact) mass is 579 g/mol. The van der Waals surface area contributed by atoms with Crippen molar-refractivity contribution >= 4 is 11.6 Å². The van der Waals surface area contributed by atoms with Crippen LogP contribution < -0.4 is 0 Å². The van der Waals surface area contributed by atoms with Gasteiger partial charge < -0.3 is 30.4 Å². The zero-order valence-corrected chi connectivity index (χ0v) is 25.2. The predicted molar refractivity (Wildman–Crippen MR) is 150 cm³/mol. The van der Waals surface area contributed by atoms with Crippen LogP contribution in [0.15, 0.2) is 11.3 Å². The van der Waals surface area contributed by atoms with Crippen LogP contribution in [0.2, 0.25) is 0 Å². The molecular weight excluding hydrogens is 529 g/mol. The van der Waals surface area contributed by atoms with E-state index < -0.39 is 70.2 Å². The zero-order valence-electron chi connectivity index (χ0n) is 25.2. The van der Waals surface area contributed by atoms with E-state index in [0.717, 1.165) is 45.4 Å². The average molecular weight is 580 g/mol. The standard InChI is InChI=1S/C32H50FNO7/c1-15(35)24-23(36)14-20-11-18-12-21-22(34(4)5)13-17(8-6-16-7-9-19(10-16)31(2,3)33)27(37)26(21)28(38)25(18)30(40)32(20,41)29(24)39/h16-22,25-28,30,37-41H,6-14H2,1-5H3. The number of rotatable bonds is 6. The van der Waals surface area contributed by atoms with Gasteiger partial charge in [-0.1, -0.05) is 12.8 Å². The van der Waals surface area contributed by atoms with Gasteiger partial charge in [0, 0.05) is 30.2 Å². The van der Waals surface area contributed by atoms with E-state index in [4.69, 9.17) is 0 Å². The second-order valence-electron chi connectivity index (χ2n) is 14.9. The van der Waals surface area contributed by atoms with Gasteiger partial charge in [-0.2, -0.15) is 0 Å². The minimum atomic E-state index is -2.20. The van der Waals surface area contributed by atoms with Gasteiger partial charge in [0.05, 0.1) is 18.3 Å². The van der Waals surface area contributed by atoms with E-state index in [-0.39, 0.29) is 36.1 Å². The topological polar surface area (TPSA) is 139 Å². The maximum Gasteiger partial charge on any atom is 0.170 e. The van der Waals surface area contributed by atoms with Crippen LogP contribution in [0.1, 0.15) is 78.6 Å². The molecule has 0 amide bonds. The molecule has 232 valence electrons. The molecule has 5 rings (SSSR count). The number of ketones is 2. The lowest BCUT2D eigenvalue weighted by atomic mass is 9.49. The fourth-order valence-electron chi connectivity index (χ4n) is 9.92. The highest BCUT2D eigenvalue weighted by molar-refractivity contribution is 6.20.